The summed E-state index contributed by atoms with van der Waals surface area (Å²) in [5, 5.41) is 13.0. The highest BCUT2D eigenvalue weighted by atomic mass is 19.4. The van der Waals surface area contributed by atoms with Crippen LogP contribution in [0.1, 0.15) is 27.9 Å². The van der Waals surface area contributed by atoms with Gasteiger partial charge in [0, 0.05) is 11.9 Å². The quantitative estimate of drug-likeness (QED) is 0.580. The van der Waals surface area contributed by atoms with E-state index in [0.29, 0.717) is 18.9 Å². The second-order valence-corrected chi connectivity index (χ2v) is 6.75. The molecule has 10 heteroatoms. The van der Waals surface area contributed by atoms with Crippen molar-refractivity contribution in [1.29, 1.82) is 0 Å². The van der Waals surface area contributed by atoms with E-state index < -0.39 is 23.9 Å². The molecule has 4 rings (SSSR count). The van der Waals surface area contributed by atoms with Gasteiger partial charge in [-0.25, -0.2) is 4.98 Å². The minimum atomic E-state index is -4.55. The lowest BCUT2D eigenvalue weighted by molar-refractivity contribution is -0.138. The van der Waals surface area contributed by atoms with Crippen molar-refractivity contribution in [2.24, 2.45) is 0 Å². The number of carbonyl (C=O) groups excluding carboxylic acids is 1. The van der Waals surface area contributed by atoms with Crippen LogP contribution < -0.4 is 10.1 Å². The number of alkyl halides is 3. The Balaban J connectivity index is 1.47. The van der Waals surface area contributed by atoms with Crippen LogP contribution in [0.15, 0.2) is 60.8 Å². The molecule has 0 bridgehead atoms. The van der Waals surface area contributed by atoms with Crippen molar-refractivity contribution in [2.45, 2.75) is 12.5 Å². The summed E-state index contributed by atoms with van der Waals surface area (Å²) >= 11 is 0. The first-order valence-electron chi connectivity index (χ1n) is 9.49. The second kappa shape index (κ2) is 8.85. The van der Waals surface area contributed by atoms with Gasteiger partial charge in [-0.2, -0.15) is 13.2 Å². The number of benzene rings is 2. The summed E-state index contributed by atoms with van der Waals surface area (Å²) < 4.78 is 55.4. The zero-order valence-corrected chi connectivity index (χ0v) is 16.4. The van der Waals surface area contributed by atoms with Crippen LogP contribution in [0.25, 0.3) is 0 Å². The molecule has 1 fully saturated rings. The molecule has 166 valence electrons. The van der Waals surface area contributed by atoms with Crippen LogP contribution in [0.4, 0.5) is 18.9 Å². The summed E-state index contributed by atoms with van der Waals surface area (Å²) in [6, 6.07) is 12.1. The molecule has 1 aliphatic heterocycles. The number of nitrogens with one attached hydrogen (secondary N) is 1. The normalized spacial score (nSPS) is 14.3. The number of nitrogens with zero attached hydrogens (tertiary/aromatic N) is 1. The number of ether oxygens (including phenoxy) is 3. The second-order valence-electron chi connectivity index (χ2n) is 6.75. The van der Waals surface area contributed by atoms with Crippen LogP contribution in [-0.4, -0.2) is 29.2 Å². The maximum atomic E-state index is 13.1. The third-order valence-electron chi connectivity index (χ3n) is 4.58. The average molecular weight is 446 g/mol. The largest absolute Gasteiger partial charge is 0.505 e. The first-order valence-corrected chi connectivity index (χ1v) is 9.49. The maximum Gasteiger partial charge on any atom is 0.419 e. The molecular formula is C22H17F3N2O5. The molecule has 32 heavy (non-hydrogen) atoms. The van der Waals surface area contributed by atoms with Gasteiger partial charge in [0.1, 0.15) is 11.5 Å². The number of aromatic nitrogens is 1. The molecule has 0 radical (unpaired) electrons. The Morgan fingerprint density at radius 3 is 2.44 bits per heavy atom. The molecule has 0 spiro atoms. The molecule has 3 aromatic rings. The number of pyridine rings is 1. The van der Waals surface area contributed by atoms with E-state index in [-0.39, 0.29) is 28.5 Å². The van der Waals surface area contributed by atoms with Crippen LogP contribution in [0, 0.1) is 0 Å². The zero-order chi connectivity index (χ0) is 22.7. The third kappa shape index (κ3) is 4.66. The zero-order valence-electron chi connectivity index (χ0n) is 16.4. The van der Waals surface area contributed by atoms with Gasteiger partial charge in [0.05, 0.1) is 24.3 Å². The van der Waals surface area contributed by atoms with E-state index in [1.807, 2.05) is 0 Å². The topological polar surface area (TPSA) is 89.9 Å². The Bertz CT molecular complexity index is 1110. The molecule has 0 atom stereocenters. The van der Waals surface area contributed by atoms with Gasteiger partial charge in [0.2, 0.25) is 0 Å². The molecule has 1 aromatic heterocycles. The average Bonchev–Trinajstić information content (AvgIpc) is 3.29. The van der Waals surface area contributed by atoms with E-state index in [1.165, 1.54) is 54.7 Å². The Morgan fingerprint density at radius 1 is 1.06 bits per heavy atom. The summed E-state index contributed by atoms with van der Waals surface area (Å²) in [7, 11) is 0. The van der Waals surface area contributed by atoms with Gasteiger partial charge in [0.15, 0.2) is 17.7 Å². The van der Waals surface area contributed by atoms with Crippen molar-refractivity contribution in [1.82, 2.24) is 4.98 Å². The van der Waals surface area contributed by atoms with Crippen LogP contribution in [-0.2, 0) is 15.7 Å². The molecule has 0 saturated carbocycles. The van der Waals surface area contributed by atoms with Gasteiger partial charge in [-0.15, -0.1) is 0 Å². The minimum absolute atomic E-state index is 0.151. The summed E-state index contributed by atoms with van der Waals surface area (Å²) in [6.45, 7) is 0.742. The van der Waals surface area contributed by atoms with Gasteiger partial charge >= 0.3 is 6.18 Å². The number of para-hydroxylation sites is 1. The van der Waals surface area contributed by atoms with E-state index in [4.69, 9.17) is 14.2 Å². The molecule has 2 heterocycles. The molecule has 2 aromatic carbocycles. The Morgan fingerprint density at radius 2 is 1.75 bits per heavy atom. The van der Waals surface area contributed by atoms with E-state index >= 15 is 0 Å². The predicted octanol–water partition coefficient (Wildman–Crippen LogP) is 4.90. The molecule has 0 unspecified atom stereocenters. The van der Waals surface area contributed by atoms with Crippen LogP contribution >= 0.6 is 0 Å². The number of amides is 1. The molecule has 1 amide bonds. The van der Waals surface area contributed by atoms with Gasteiger partial charge in [0.25, 0.3) is 5.91 Å². The van der Waals surface area contributed by atoms with Crippen molar-refractivity contribution >= 4 is 11.6 Å². The van der Waals surface area contributed by atoms with Crippen LogP contribution in [0.2, 0.25) is 0 Å². The van der Waals surface area contributed by atoms with Crippen LogP contribution in [0.5, 0.6) is 17.2 Å². The fourth-order valence-corrected chi connectivity index (χ4v) is 3.08. The summed E-state index contributed by atoms with van der Waals surface area (Å²) in [5.41, 5.74) is -0.504. The number of hydrogen-bond donors (Lipinski definition) is 2. The number of rotatable bonds is 5. The highest BCUT2D eigenvalue weighted by Crippen LogP contribution is 2.38. The Labute approximate surface area is 180 Å². The number of hydrogen-bond acceptors (Lipinski definition) is 6. The number of aromatic hydroxyl groups is 1. The number of anilines is 1. The van der Waals surface area contributed by atoms with Crippen molar-refractivity contribution in [3.05, 3.63) is 77.6 Å². The first kappa shape index (κ1) is 21.6. The SMILES string of the molecule is O=C(Nc1ccc(Oc2ccccc2C(F)(F)F)cc1)c1nccc(C2OCCO2)c1O. The fraction of sp³-hybridized carbons (Fsp3) is 0.182. The predicted molar refractivity (Wildman–Crippen MR) is 106 cm³/mol. The van der Waals surface area contributed by atoms with Gasteiger partial charge in [-0.1, -0.05) is 12.1 Å². The summed E-state index contributed by atoms with van der Waals surface area (Å²) in [4.78, 5) is 16.5. The number of halogens is 3. The minimum Gasteiger partial charge on any atom is -0.505 e. The van der Waals surface area contributed by atoms with Gasteiger partial charge < -0.3 is 24.6 Å². The van der Waals surface area contributed by atoms with E-state index in [9.17, 15) is 23.1 Å². The monoisotopic (exact) mass is 446 g/mol. The van der Waals surface area contributed by atoms with Crippen molar-refractivity contribution < 1.29 is 37.3 Å². The lowest BCUT2D eigenvalue weighted by Gasteiger charge is -2.14. The summed E-state index contributed by atoms with van der Waals surface area (Å²) in [5.74, 6) is -1.23. The maximum absolute atomic E-state index is 13.1. The Hall–Kier alpha value is -3.63. The first-order chi connectivity index (χ1) is 15.3. The fourth-order valence-electron chi connectivity index (χ4n) is 3.08. The molecular weight excluding hydrogens is 429 g/mol. The van der Waals surface area contributed by atoms with Crippen molar-refractivity contribution in [2.75, 3.05) is 18.5 Å². The molecule has 7 nitrogen and oxygen atoms in total. The summed E-state index contributed by atoms with van der Waals surface area (Å²) in [6.07, 6.45) is -3.98. The highest BCUT2D eigenvalue weighted by molar-refractivity contribution is 6.04. The smallest absolute Gasteiger partial charge is 0.419 e. The molecule has 2 N–H and O–H groups in total. The van der Waals surface area contributed by atoms with E-state index in [0.717, 1.165) is 6.07 Å². The van der Waals surface area contributed by atoms with Gasteiger partial charge in [-0.3, -0.25) is 4.79 Å². The van der Waals surface area contributed by atoms with E-state index in [2.05, 4.69) is 10.3 Å². The van der Waals surface area contributed by atoms with Crippen molar-refractivity contribution in [3.63, 3.8) is 0 Å². The lowest BCUT2D eigenvalue weighted by atomic mass is 10.1. The molecule has 1 aliphatic rings. The standard InChI is InChI=1S/C22H17F3N2O5/c23-22(24,25)16-3-1-2-4-17(16)32-14-7-5-13(6-8-14)27-20(29)18-19(28)15(9-10-26-18)21-30-11-12-31-21/h1-10,21,28H,11-12H2,(H,27,29). The third-order valence-corrected chi connectivity index (χ3v) is 4.58. The Kier molecular flexibility index (Phi) is 5.97. The van der Waals surface area contributed by atoms with Crippen LogP contribution in [0.3, 0.4) is 0 Å². The van der Waals surface area contributed by atoms with Crippen molar-refractivity contribution in [3.8, 4) is 17.2 Å². The lowest BCUT2D eigenvalue weighted by Crippen LogP contribution is -2.15. The molecule has 1 saturated heterocycles. The van der Waals surface area contributed by atoms with Gasteiger partial charge in [-0.05, 0) is 42.5 Å². The van der Waals surface area contributed by atoms with E-state index in [1.54, 1.807) is 0 Å². The number of carbonyl (C=O) groups is 1. The highest BCUT2D eigenvalue weighted by Gasteiger charge is 2.34. The molecule has 0 aliphatic carbocycles.